The first kappa shape index (κ1) is 34.3. The molecule has 258 valence electrons. The molecular formula is C40H48N4O5. The second-order valence-corrected chi connectivity index (χ2v) is 14.1. The van der Waals surface area contributed by atoms with E-state index in [1.54, 1.807) is 4.90 Å². The minimum absolute atomic E-state index is 0.300. The van der Waals surface area contributed by atoms with Gasteiger partial charge in [-0.3, -0.25) is 4.90 Å². The average molecular weight is 665 g/mol. The fourth-order valence-electron chi connectivity index (χ4n) is 6.31. The van der Waals surface area contributed by atoms with Crippen LogP contribution in [0, 0.1) is 0 Å². The predicted molar refractivity (Wildman–Crippen MR) is 192 cm³/mol. The third-order valence-corrected chi connectivity index (χ3v) is 9.06. The van der Waals surface area contributed by atoms with Gasteiger partial charge in [0.2, 0.25) is 11.8 Å². The number of likely N-dealkylation sites (tertiary alicyclic amines) is 1. The van der Waals surface area contributed by atoms with Gasteiger partial charge in [-0.1, -0.05) is 72.8 Å². The summed E-state index contributed by atoms with van der Waals surface area (Å²) < 4.78 is 17.8. The van der Waals surface area contributed by atoms with Crippen molar-refractivity contribution in [3.8, 4) is 22.9 Å². The van der Waals surface area contributed by atoms with Crippen molar-refractivity contribution in [2.24, 2.45) is 0 Å². The van der Waals surface area contributed by atoms with Gasteiger partial charge in [-0.15, -0.1) is 0 Å². The van der Waals surface area contributed by atoms with Crippen LogP contribution in [0.2, 0.25) is 0 Å². The van der Waals surface area contributed by atoms with E-state index in [1.807, 2.05) is 93.6 Å². The van der Waals surface area contributed by atoms with E-state index in [4.69, 9.17) is 19.2 Å². The van der Waals surface area contributed by atoms with Crippen molar-refractivity contribution < 1.29 is 24.1 Å². The maximum Gasteiger partial charge on any atom is 0.410 e. The Morgan fingerprint density at radius 2 is 1.35 bits per heavy atom. The second-order valence-electron chi connectivity index (χ2n) is 14.1. The molecule has 9 heteroatoms. The lowest BCUT2D eigenvalue weighted by atomic mass is 9.90. The van der Waals surface area contributed by atoms with Crippen molar-refractivity contribution in [3.05, 3.63) is 108 Å². The number of amides is 1. The van der Waals surface area contributed by atoms with E-state index in [-0.39, 0.29) is 6.09 Å². The van der Waals surface area contributed by atoms with Crippen LogP contribution < -0.4 is 14.4 Å². The van der Waals surface area contributed by atoms with E-state index in [2.05, 4.69) is 34.1 Å². The molecule has 0 bridgehead atoms. The molecule has 9 nitrogen and oxygen atoms in total. The van der Waals surface area contributed by atoms with Gasteiger partial charge in [0.05, 0.1) is 5.60 Å². The number of pyridine rings is 1. The largest absolute Gasteiger partial charge is 0.473 e. The van der Waals surface area contributed by atoms with Crippen LogP contribution in [-0.2, 0) is 18.0 Å². The van der Waals surface area contributed by atoms with Crippen molar-refractivity contribution in [2.45, 2.75) is 58.0 Å². The number of benzene rings is 3. The lowest BCUT2D eigenvalue weighted by Crippen LogP contribution is -2.56. The molecule has 1 N–H and O–H groups in total. The number of nitrogens with zero attached hydrogens (tertiary/aromatic N) is 4. The van der Waals surface area contributed by atoms with Gasteiger partial charge in [-0.25, -0.2) is 4.79 Å². The summed E-state index contributed by atoms with van der Waals surface area (Å²) in [6.07, 6.45) is 0.811. The van der Waals surface area contributed by atoms with Crippen LogP contribution in [0.25, 0.3) is 11.1 Å². The molecule has 2 aliphatic heterocycles. The normalized spacial score (nSPS) is 16.7. The maximum absolute atomic E-state index is 12.5. The molecule has 2 aliphatic rings. The Labute approximate surface area is 290 Å². The number of piperidine rings is 1. The fraction of sp³-hybridized carbons (Fsp3) is 0.400. The van der Waals surface area contributed by atoms with E-state index in [0.29, 0.717) is 57.4 Å². The summed E-state index contributed by atoms with van der Waals surface area (Å²) in [4.78, 5) is 23.7. The summed E-state index contributed by atoms with van der Waals surface area (Å²) in [7, 11) is 0. The summed E-state index contributed by atoms with van der Waals surface area (Å²) in [5, 5.41) is 11.3. The molecule has 0 unspecified atom stereocenters. The quantitative estimate of drug-likeness (QED) is 0.198. The second kappa shape index (κ2) is 15.3. The van der Waals surface area contributed by atoms with Crippen molar-refractivity contribution in [2.75, 3.05) is 50.7 Å². The third-order valence-electron chi connectivity index (χ3n) is 9.06. The van der Waals surface area contributed by atoms with E-state index in [9.17, 15) is 9.90 Å². The van der Waals surface area contributed by atoms with Crippen LogP contribution in [0.5, 0.6) is 11.8 Å². The van der Waals surface area contributed by atoms with Crippen LogP contribution >= 0.6 is 0 Å². The Kier molecular flexibility index (Phi) is 10.7. The van der Waals surface area contributed by atoms with Crippen LogP contribution in [0.1, 0.15) is 44.7 Å². The first-order valence-electron chi connectivity index (χ1n) is 17.3. The number of anilines is 1. The summed E-state index contributed by atoms with van der Waals surface area (Å²) in [5.74, 6) is 1.05. The molecule has 2 saturated heterocycles. The first-order chi connectivity index (χ1) is 23.6. The molecule has 0 aliphatic carbocycles. The average Bonchev–Trinajstić information content (AvgIpc) is 3.11. The Bertz CT molecular complexity index is 1640. The number of aromatic nitrogens is 1. The topological polar surface area (TPSA) is 87.6 Å². The smallest absolute Gasteiger partial charge is 0.410 e. The molecular weight excluding hydrogens is 616 g/mol. The van der Waals surface area contributed by atoms with Gasteiger partial charge in [-0.05, 0) is 68.5 Å². The van der Waals surface area contributed by atoms with Crippen molar-refractivity contribution in [3.63, 3.8) is 0 Å². The zero-order valence-corrected chi connectivity index (χ0v) is 28.9. The van der Waals surface area contributed by atoms with E-state index in [0.717, 1.165) is 54.1 Å². The number of β-amino-alcohol motifs (C(OH)–C–C–N with tert-alkyl or cyclic N) is 1. The number of aliphatic hydroxyl groups is 1. The molecule has 3 aromatic carbocycles. The molecule has 49 heavy (non-hydrogen) atoms. The Morgan fingerprint density at radius 3 is 1.94 bits per heavy atom. The molecule has 0 radical (unpaired) electrons. The predicted octanol–water partition coefficient (Wildman–Crippen LogP) is 6.79. The summed E-state index contributed by atoms with van der Waals surface area (Å²) >= 11 is 0. The Morgan fingerprint density at radius 1 is 0.755 bits per heavy atom. The molecule has 1 amide bonds. The van der Waals surface area contributed by atoms with Gasteiger partial charge in [-0.2, -0.15) is 4.98 Å². The zero-order valence-electron chi connectivity index (χ0n) is 28.9. The molecule has 6 rings (SSSR count). The number of hydrogen-bond donors (Lipinski definition) is 1. The highest BCUT2D eigenvalue weighted by molar-refractivity contribution is 5.71. The minimum atomic E-state index is -0.793. The lowest BCUT2D eigenvalue weighted by Gasteiger charge is -2.43. The molecule has 1 aromatic heterocycles. The third kappa shape index (κ3) is 9.52. The van der Waals surface area contributed by atoms with Crippen LogP contribution in [-0.4, -0.2) is 83.0 Å². The fourth-order valence-corrected chi connectivity index (χ4v) is 6.31. The Hall–Kier alpha value is -4.60. The molecule has 4 aromatic rings. The molecule has 0 saturated carbocycles. The molecule has 0 atom stereocenters. The van der Waals surface area contributed by atoms with E-state index in [1.165, 1.54) is 0 Å². The highest BCUT2D eigenvalue weighted by atomic mass is 16.6. The van der Waals surface area contributed by atoms with Gasteiger partial charge in [0.25, 0.3) is 0 Å². The number of rotatable bonds is 10. The number of piperazine rings is 1. The van der Waals surface area contributed by atoms with Crippen LogP contribution in [0.4, 0.5) is 10.5 Å². The standard InChI is InChI=1S/C40H48N4O5/c1-39(2,3)49-38(45)44-22-20-40(46,21-23-44)30-42-24-26-43(27-25-42)34-16-14-33(15-17-34)35-18-19-36(47-28-31-10-6-4-7-11-31)41-37(35)48-29-32-12-8-5-9-13-32/h4-19,46H,20-30H2,1-3H3. The monoisotopic (exact) mass is 664 g/mol. The van der Waals surface area contributed by atoms with Gasteiger partial charge < -0.3 is 29.1 Å². The number of carbonyl (C=O) groups excluding carboxylic acids is 1. The Balaban J connectivity index is 1.05. The molecule has 2 fully saturated rings. The van der Waals surface area contributed by atoms with Crippen molar-refractivity contribution >= 4 is 11.8 Å². The molecule has 0 spiro atoms. The van der Waals surface area contributed by atoms with Crippen LogP contribution in [0.15, 0.2) is 97.1 Å². The van der Waals surface area contributed by atoms with E-state index >= 15 is 0 Å². The van der Waals surface area contributed by atoms with Crippen molar-refractivity contribution in [1.29, 1.82) is 0 Å². The summed E-state index contributed by atoms with van der Waals surface area (Å²) in [6, 6.07) is 32.6. The zero-order chi connectivity index (χ0) is 34.3. The minimum Gasteiger partial charge on any atom is -0.473 e. The van der Waals surface area contributed by atoms with Gasteiger partial charge in [0.15, 0.2) is 0 Å². The summed E-state index contributed by atoms with van der Waals surface area (Å²) in [5.41, 5.74) is 3.92. The maximum atomic E-state index is 12.5. The van der Waals surface area contributed by atoms with Gasteiger partial charge >= 0.3 is 6.09 Å². The number of ether oxygens (including phenoxy) is 3. The first-order valence-corrected chi connectivity index (χ1v) is 17.3. The van der Waals surface area contributed by atoms with E-state index < -0.39 is 11.2 Å². The number of carbonyl (C=O) groups is 1. The van der Waals surface area contributed by atoms with Crippen LogP contribution in [0.3, 0.4) is 0 Å². The molecule has 3 heterocycles. The highest BCUT2D eigenvalue weighted by Gasteiger charge is 2.37. The highest BCUT2D eigenvalue weighted by Crippen LogP contribution is 2.33. The van der Waals surface area contributed by atoms with Gasteiger partial charge in [0.1, 0.15) is 18.8 Å². The van der Waals surface area contributed by atoms with Gasteiger partial charge in [0, 0.05) is 63.1 Å². The SMILES string of the molecule is CC(C)(C)OC(=O)N1CCC(O)(CN2CCN(c3ccc(-c4ccc(OCc5ccccc5)nc4OCc4ccccc4)cc3)CC2)CC1. The summed E-state index contributed by atoms with van der Waals surface area (Å²) in [6.45, 7) is 11.6. The van der Waals surface area contributed by atoms with Crippen molar-refractivity contribution in [1.82, 2.24) is 14.8 Å². The number of hydrogen-bond acceptors (Lipinski definition) is 8. The lowest BCUT2D eigenvalue weighted by molar-refractivity contribution is -0.0507.